The van der Waals surface area contributed by atoms with Gasteiger partial charge < -0.3 is 10.6 Å². The van der Waals surface area contributed by atoms with Crippen LogP contribution in [0, 0.1) is 5.92 Å². The topological polar surface area (TPSA) is 41.1 Å². The number of amides is 1. The van der Waals surface area contributed by atoms with Gasteiger partial charge in [0.2, 0.25) is 5.91 Å². The number of hydrogen-bond donors (Lipinski definition) is 2. The molecule has 1 unspecified atom stereocenters. The summed E-state index contributed by atoms with van der Waals surface area (Å²) in [7, 11) is 0. The van der Waals surface area contributed by atoms with Gasteiger partial charge >= 0.3 is 0 Å². The number of hydrogen-bond acceptors (Lipinski definition) is 2. The second-order valence-corrected chi connectivity index (χ2v) is 4.67. The predicted molar refractivity (Wildman–Crippen MR) is 69.9 cm³/mol. The monoisotopic (exact) mass is 232 g/mol. The van der Waals surface area contributed by atoms with Crippen LogP contribution in [-0.2, 0) is 4.79 Å². The van der Waals surface area contributed by atoms with Crippen LogP contribution in [0.25, 0.3) is 0 Å². The van der Waals surface area contributed by atoms with Crippen molar-refractivity contribution in [1.82, 2.24) is 5.32 Å². The van der Waals surface area contributed by atoms with Gasteiger partial charge in [-0.1, -0.05) is 19.1 Å². The summed E-state index contributed by atoms with van der Waals surface area (Å²) in [5.41, 5.74) is 2.12. The van der Waals surface area contributed by atoms with Gasteiger partial charge in [-0.2, -0.15) is 0 Å². The second kappa shape index (κ2) is 5.32. The Morgan fingerprint density at radius 1 is 1.47 bits per heavy atom. The van der Waals surface area contributed by atoms with E-state index in [2.05, 4.69) is 30.5 Å². The lowest BCUT2D eigenvalue weighted by atomic mass is 10.1. The SMILES string of the molecule is CCNC(C)c1cccc(NC(=O)C2CC2)c1. The van der Waals surface area contributed by atoms with Crippen molar-refractivity contribution in [3.63, 3.8) is 0 Å². The van der Waals surface area contributed by atoms with E-state index in [4.69, 9.17) is 0 Å². The maximum absolute atomic E-state index is 11.7. The number of carbonyl (C=O) groups is 1. The summed E-state index contributed by atoms with van der Waals surface area (Å²) in [4.78, 5) is 11.7. The molecule has 1 aliphatic carbocycles. The molecule has 1 amide bonds. The van der Waals surface area contributed by atoms with Crippen LogP contribution in [0.5, 0.6) is 0 Å². The molecule has 0 bridgehead atoms. The van der Waals surface area contributed by atoms with E-state index in [1.54, 1.807) is 0 Å². The molecule has 2 rings (SSSR count). The molecule has 0 heterocycles. The summed E-state index contributed by atoms with van der Waals surface area (Å²) >= 11 is 0. The third kappa shape index (κ3) is 3.30. The molecule has 0 aromatic heterocycles. The molecule has 17 heavy (non-hydrogen) atoms. The zero-order chi connectivity index (χ0) is 12.3. The van der Waals surface area contributed by atoms with E-state index < -0.39 is 0 Å². The fraction of sp³-hybridized carbons (Fsp3) is 0.500. The number of benzene rings is 1. The molecule has 1 atom stereocenters. The van der Waals surface area contributed by atoms with Gasteiger partial charge in [0.05, 0.1) is 0 Å². The Hall–Kier alpha value is -1.35. The summed E-state index contributed by atoms with van der Waals surface area (Å²) in [6.07, 6.45) is 2.08. The van der Waals surface area contributed by atoms with Gasteiger partial charge in [-0.05, 0) is 44.0 Å². The first kappa shape index (κ1) is 12.1. The fourth-order valence-electron chi connectivity index (χ4n) is 1.90. The van der Waals surface area contributed by atoms with Crippen LogP contribution in [0.15, 0.2) is 24.3 Å². The zero-order valence-electron chi connectivity index (χ0n) is 10.5. The van der Waals surface area contributed by atoms with Crippen molar-refractivity contribution >= 4 is 11.6 Å². The normalized spacial score (nSPS) is 16.6. The Balaban J connectivity index is 2.02. The Bertz CT molecular complexity index is 399. The molecule has 2 N–H and O–H groups in total. The van der Waals surface area contributed by atoms with Crippen LogP contribution in [0.4, 0.5) is 5.69 Å². The summed E-state index contributed by atoms with van der Waals surface area (Å²) in [5.74, 6) is 0.420. The minimum atomic E-state index is 0.165. The Morgan fingerprint density at radius 2 is 2.24 bits per heavy atom. The van der Waals surface area contributed by atoms with E-state index in [1.807, 2.05) is 18.2 Å². The lowest BCUT2D eigenvalue weighted by molar-refractivity contribution is -0.117. The van der Waals surface area contributed by atoms with Crippen LogP contribution in [-0.4, -0.2) is 12.5 Å². The second-order valence-electron chi connectivity index (χ2n) is 4.67. The molecule has 3 heteroatoms. The molecule has 92 valence electrons. The predicted octanol–water partition coefficient (Wildman–Crippen LogP) is 2.71. The van der Waals surface area contributed by atoms with Gasteiger partial charge in [-0.3, -0.25) is 4.79 Å². The first-order valence-corrected chi connectivity index (χ1v) is 6.35. The number of anilines is 1. The quantitative estimate of drug-likeness (QED) is 0.819. The summed E-state index contributed by atoms with van der Waals surface area (Å²) in [6.45, 7) is 5.17. The van der Waals surface area contributed by atoms with Crippen LogP contribution in [0.3, 0.4) is 0 Å². The van der Waals surface area contributed by atoms with Crippen LogP contribution >= 0.6 is 0 Å². The molecule has 0 spiro atoms. The first-order chi connectivity index (χ1) is 8.20. The highest BCUT2D eigenvalue weighted by Gasteiger charge is 2.29. The van der Waals surface area contributed by atoms with E-state index in [0.717, 1.165) is 25.1 Å². The van der Waals surface area contributed by atoms with Crippen molar-refractivity contribution in [2.24, 2.45) is 5.92 Å². The molecule has 0 radical (unpaired) electrons. The third-order valence-electron chi connectivity index (χ3n) is 3.11. The zero-order valence-corrected chi connectivity index (χ0v) is 10.5. The van der Waals surface area contributed by atoms with Crippen molar-refractivity contribution in [3.05, 3.63) is 29.8 Å². The molecular weight excluding hydrogens is 212 g/mol. The van der Waals surface area contributed by atoms with Crippen molar-refractivity contribution in [2.45, 2.75) is 32.7 Å². The Kier molecular flexibility index (Phi) is 3.79. The number of nitrogens with one attached hydrogen (secondary N) is 2. The third-order valence-corrected chi connectivity index (χ3v) is 3.11. The molecule has 1 fully saturated rings. The van der Waals surface area contributed by atoms with Crippen LogP contribution in [0.2, 0.25) is 0 Å². The molecular formula is C14H20N2O. The van der Waals surface area contributed by atoms with Gasteiger partial charge in [0.1, 0.15) is 0 Å². The average Bonchev–Trinajstić information content (AvgIpc) is 3.13. The van der Waals surface area contributed by atoms with Gasteiger partial charge in [0.25, 0.3) is 0 Å². The molecule has 1 aliphatic rings. The molecule has 1 saturated carbocycles. The van der Waals surface area contributed by atoms with Gasteiger partial charge in [0.15, 0.2) is 0 Å². The van der Waals surface area contributed by atoms with Crippen molar-refractivity contribution in [3.8, 4) is 0 Å². The van der Waals surface area contributed by atoms with E-state index in [1.165, 1.54) is 5.56 Å². The molecule has 3 nitrogen and oxygen atoms in total. The Morgan fingerprint density at radius 3 is 2.88 bits per heavy atom. The maximum Gasteiger partial charge on any atom is 0.227 e. The van der Waals surface area contributed by atoms with Crippen LogP contribution < -0.4 is 10.6 Å². The number of rotatable bonds is 5. The van der Waals surface area contributed by atoms with Crippen molar-refractivity contribution < 1.29 is 4.79 Å². The molecule has 1 aromatic rings. The molecule has 0 aliphatic heterocycles. The highest BCUT2D eigenvalue weighted by atomic mass is 16.2. The van der Waals surface area contributed by atoms with Gasteiger partial charge in [-0.15, -0.1) is 0 Å². The van der Waals surface area contributed by atoms with Crippen molar-refractivity contribution in [2.75, 3.05) is 11.9 Å². The van der Waals surface area contributed by atoms with E-state index in [0.29, 0.717) is 6.04 Å². The van der Waals surface area contributed by atoms with Gasteiger partial charge in [0, 0.05) is 17.6 Å². The largest absolute Gasteiger partial charge is 0.326 e. The lowest BCUT2D eigenvalue weighted by Crippen LogP contribution is -2.18. The molecule has 0 saturated heterocycles. The minimum Gasteiger partial charge on any atom is -0.326 e. The van der Waals surface area contributed by atoms with E-state index in [-0.39, 0.29) is 11.8 Å². The maximum atomic E-state index is 11.7. The summed E-state index contributed by atoms with van der Waals surface area (Å²) in [6, 6.07) is 8.39. The Labute approximate surface area is 103 Å². The van der Waals surface area contributed by atoms with Gasteiger partial charge in [-0.25, -0.2) is 0 Å². The minimum absolute atomic E-state index is 0.165. The molecule has 1 aromatic carbocycles. The van der Waals surface area contributed by atoms with E-state index in [9.17, 15) is 4.79 Å². The fourth-order valence-corrected chi connectivity index (χ4v) is 1.90. The average molecular weight is 232 g/mol. The first-order valence-electron chi connectivity index (χ1n) is 6.35. The summed E-state index contributed by atoms with van der Waals surface area (Å²) < 4.78 is 0. The highest BCUT2D eigenvalue weighted by Crippen LogP contribution is 2.30. The number of carbonyl (C=O) groups excluding carboxylic acids is 1. The summed E-state index contributed by atoms with van der Waals surface area (Å²) in [5, 5.41) is 6.34. The highest BCUT2D eigenvalue weighted by molar-refractivity contribution is 5.94. The standard InChI is InChI=1S/C14H20N2O/c1-3-15-10(2)12-5-4-6-13(9-12)16-14(17)11-7-8-11/h4-6,9-11,15H,3,7-8H2,1-2H3,(H,16,17). The van der Waals surface area contributed by atoms with E-state index >= 15 is 0 Å². The smallest absolute Gasteiger partial charge is 0.227 e. The van der Waals surface area contributed by atoms with Crippen molar-refractivity contribution in [1.29, 1.82) is 0 Å². The van der Waals surface area contributed by atoms with Crippen LogP contribution in [0.1, 0.15) is 38.3 Å². The lowest BCUT2D eigenvalue weighted by Gasteiger charge is -2.14.